The van der Waals surface area contributed by atoms with Crippen LogP contribution in [-0.4, -0.2) is 22.8 Å². The van der Waals surface area contributed by atoms with Gasteiger partial charge in [0.1, 0.15) is 0 Å². The predicted octanol–water partition coefficient (Wildman–Crippen LogP) is 5.24. The second-order valence-electron chi connectivity index (χ2n) is 4.83. The van der Waals surface area contributed by atoms with Crippen molar-refractivity contribution in [3.8, 4) is 0 Å². The number of nitrogens with zero attached hydrogens (tertiary/aromatic N) is 1. The fourth-order valence-electron chi connectivity index (χ4n) is 2.61. The van der Waals surface area contributed by atoms with Crippen molar-refractivity contribution >= 4 is 43.5 Å². The molecule has 4 heteroatoms. The molecular weight excluding hydrogens is 377 g/mol. The molecule has 0 aromatic heterocycles. The number of alkyl halides is 1. The van der Waals surface area contributed by atoms with Gasteiger partial charge in [0.15, 0.2) is 0 Å². The molecule has 0 saturated carbocycles. The molecule has 1 aromatic rings. The molecule has 1 nitrogen and oxygen atoms in total. The van der Waals surface area contributed by atoms with Gasteiger partial charge in [-0.15, -0.1) is 0 Å². The minimum absolute atomic E-state index is 0.738. The predicted molar refractivity (Wildman–Crippen MR) is 85.6 cm³/mol. The normalized spacial score (nSPS) is 20.5. The van der Waals surface area contributed by atoms with Gasteiger partial charge >= 0.3 is 0 Å². The summed E-state index contributed by atoms with van der Waals surface area (Å²) in [5, 5.41) is 1.98. The van der Waals surface area contributed by atoms with Crippen LogP contribution in [0, 0.1) is 0 Å². The number of benzene rings is 1. The van der Waals surface area contributed by atoms with E-state index in [-0.39, 0.29) is 0 Å². The van der Waals surface area contributed by atoms with Crippen LogP contribution in [0.3, 0.4) is 0 Å². The maximum atomic E-state index is 6.30. The first-order valence-corrected chi connectivity index (χ1v) is 8.74. The van der Waals surface area contributed by atoms with E-state index in [1.165, 1.54) is 37.8 Å². The van der Waals surface area contributed by atoms with Crippen molar-refractivity contribution in [1.82, 2.24) is 4.90 Å². The summed E-state index contributed by atoms with van der Waals surface area (Å²) in [6.07, 6.45) is 5.21. The number of halogens is 3. The lowest BCUT2D eigenvalue weighted by Gasteiger charge is -2.24. The van der Waals surface area contributed by atoms with E-state index in [0.717, 1.165) is 27.4 Å². The molecule has 1 fully saturated rings. The Balaban J connectivity index is 1.99. The van der Waals surface area contributed by atoms with Crippen molar-refractivity contribution in [2.45, 2.75) is 38.3 Å². The zero-order valence-electron chi connectivity index (χ0n) is 10.3. The highest BCUT2D eigenvalue weighted by Crippen LogP contribution is 2.27. The Labute approximate surface area is 131 Å². The van der Waals surface area contributed by atoms with Crippen LogP contribution in [-0.2, 0) is 6.54 Å². The SMILES string of the molecule is Clc1cc(Br)ccc1CN1CCCC1CCCBr. The average Bonchev–Trinajstić information content (AvgIpc) is 2.77. The van der Waals surface area contributed by atoms with Crippen LogP contribution in [0.2, 0.25) is 5.02 Å². The Hall–Kier alpha value is 0.430. The average molecular weight is 396 g/mol. The van der Waals surface area contributed by atoms with Gasteiger partial charge in [-0.3, -0.25) is 4.90 Å². The molecule has 0 bridgehead atoms. The summed E-state index contributed by atoms with van der Waals surface area (Å²) in [7, 11) is 0. The number of rotatable bonds is 5. The van der Waals surface area contributed by atoms with Crippen molar-refractivity contribution in [1.29, 1.82) is 0 Å². The van der Waals surface area contributed by atoms with Crippen LogP contribution in [0.25, 0.3) is 0 Å². The van der Waals surface area contributed by atoms with Crippen molar-refractivity contribution < 1.29 is 0 Å². The zero-order valence-corrected chi connectivity index (χ0v) is 14.3. The molecule has 1 heterocycles. The molecule has 1 atom stereocenters. The fourth-order valence-corrected chi connectivity index (χ4v) is 3.67. The van der Waals surface area contributed by atoms with E-state index >= 15 is 0 Å². The maximum absolute atomic E-state index is 6.30. The minimum Gasteiger partial charge on any atom is -0.296 e. The first-order chi connectivity index (χ1) is 8.70. The number of hydrogen-bond acceptors (Lipinski definition) is 1. The highest BCUT2D eigenvalue weighted by molar-refractivity contribution is 9.10. The van der Waals surface area contributed by atoms with Gasteiger partial charge in [-0.1, -0.05) is 49.5 Å². The smallest absolute Gasteiger partial charge is 0.0462 e. The topological polar surface area (TPSA) is 3.24 Å². The standard InChI is InChI=1S/C14H18Br2ClN/c15-7-1-3-13-4-2-8-18(13)10-11-5-6-12(16)9-14(11)17/h5-6,9,13H,1-4,7-8,10H2. The van der Waals surface area contributed by atoms with E-state index in [4.69, 9.17) is 11.6 Å². The summed E-state index contributed by atoms with van der Waals surface area (Å²) < 4.78 is 1.05. The van der Waals surface area contributed by atoms with Crippen molar-refractivity contribution in [3.05, 3.63) is 33.3 Å². The second kappa shape index (κ2) is 7.28. The second-order valence-corrected chi connectivity index (χ2v) is 6.95. The summed E-state index contributed by atoms with van der Waals surface area (Å²) in [6, 6.07) is 6.93. The van der Waals surface area contributed by atoms with Crippen LogP contribution < -0.4 is 0 Å². The van der Waals surface area contributed by atoms with Gasteiger partial charge in [0, 0.05) is 27.4 Å². The van der Waals surface area contributed by atoms with Gasteiger partial charge in [-0.2, -0.15) is 0 Å². The van der Waals surface area contributed by atoms with Crippen LogP contribution in [0.4, 0.5) is 0 Å². The fraction of sp³-hybridized carbons (Fsp3) is 0.571. The Bertz CT molecular complexity index is 397. The third-order valence-corrected chi connectivity index (χ3v) is 4.96. The monoisotopic (exact) mass is 393 g/mol. The quantitative estimate of drug-likeness (QED) is 0.616. The molecule has 0 N–H and O–H groups in total. The summed E-state index contributed by atoms with van der Waals surface area (Å²) >= 11 is 13.3. The first kappa shape index (κ1) is 14.8. The third kappa shape index (κ3) is 3.96. The molecule has 0 amide bonds. The van der Waals surface area contributed by atoms with E-state index < -0.39 is 0 Å². The van der Waals surface area contributed by atoms with Crippen LogP contribution in [0.5, 0.6) is 0 Å². The Kier molecular flexibility index (Phi) is 5.99. The Morgan fingerprint density at radius 2 is 2.22 bits per heavy atom. The largest absolute Gasteiger partial charge is 0.296 e. The molecule has 1 saturated heterocycles. The van der Waals surface area contributed by atoms with Crippen LogP contribution >= 0.6 is 43.5 Å². The molecule has 1 unspecified atom stereocenters. The molecule has 100 valence electrons. The number of hydrogen-bond donors (Lipinski definition) is 0. The van der Waals surface area contributed by atoms with E-state index in [9.17, 15) is 0 Å². The molecular formula is C14H18Br2ClN. The van der Waals surface area contributed by atoms with E-state index in [0.29, 0.717) is 0 Å². The summed E-state index contributed by atoms with van der Waals surface area (Å²) in [5.41, 5.74) is 1.24. The molecule has 1 aliphatic rings. The molecule has 2 rings (SSSR count). The maximum Gasteiger partial charge on any atom is 0.0462 e. The lowest BCUT2D eigenvalue weighted by molar-refractivity contribution is 0.234. The van der Waals surface area contributed by atoms with Gasteiger partial charge < -0.3 is 0 Å². The van der Waals surface area contributed by atoms with Crippen LogP contribution in [0.1, 0.15) is 31.2 Å². The molecule has 1 aromatic carbocycles. The van der Waals surface area contributed by atoms with E-state index in [1.807, 2.05) is 6.07 Å². The van der Waals surface area contributed by atoms with Gasteiger partial charge in [0.05, 0.1) is 0 Å². The molecule has 0 aliphatic carbocycles. The minimum atomic E-state index is 0.738. The molecule has 0 spiro atoms. The number of likely N-dealkylation sites (tertiary alicyclic amines) is 1. The van der Waals surface area contributed by atoms with E-state index in [2.05, 4.69) is 48.9 Å². The lowest BCUT2D eigenvalue weighted by Crippen LogP contribution is -2.29. The van der Waals surface area contributed by atoms with Gasteiger partial charge in [-0.05, 0) is 49.9 Å². The van der Waals surface area contributed by atoms with Gasteiger partial charge in [0.2, 0.25) is 0 Å². The van der Waals surface area contributed by atoms with Crippen molar-refractivity contribution in [2.24, 2.45) is 0 Å². The molecule has 0 radical (unpaired) electrons. The highest BCUT2D eigenvalue weighted by Gasteiger charge is 2.24. The Morgan fingerprint density at radius 1 is 1.39 bits per heavy atom. The van der Waals surface area contributed by atoms with Crippen LogP contribution in [0.15, 0.2) is 22.7 Å². The van der Waals surface area contributed by atoms with Crippen molar-refractivity contribution in [2.75, 3.05) is 11.9 Å². The lowest BCUT2D eigenvalue weighted by atomic mass is 10.1. The van der Waals surface area contributed by atoms with E-state index in [1.54, 1.807) is 0 Å². The first-order valence-electron chi connectivity index (χ1n) is 6.44. The van der Waals surface area contributed by atoms with Gasteiger partial charge in [0.25, 0.3) is 0 Å². The van der Waals surface area contributed by atoms with Crippen molar-refractivity contribution in [3.63, 3.8) is 0 Å². The molecule has 1 aliphatic heterocycles. The highest BCUT2D eigenvalue weighted by atomic mass is 79.9. The summed E-state index contributed by atoms with van der Waals surface area (Å²) in [6.45, 7) is 2.19. The Morgan fingerprint density at radius 3 is 2.94 bits per heavy atom. The summed E-state index contributed by atoms with van der Waals surface area (Å²) in [5.74, 6) is 0. The zero-order chi connectivity index (χ0) is 13.0. The summed E-state index contributed by atoms with van der Waals surface area (Å²) in [4.78, 5) is 2.58. The molecule has 18 heavy (non-hydrogen) atoms. The third-order valence-electron chi connectivity index (χ3n) is 3.56. The van der Waals surface area contributed by atoms with Gasteiger partial charge in [-0.25, -0.2) is 0 Å².